The number of methoxy groups -OCH3 is 1. The molecular weight excluding hydrogens is 513 g/mol. The minimum atomic E-state index is -2.94. The number of alkyl halides is 2. The van der Waals surface area contributed by atoms with Crippen LogP contribution in [0.3, 0.4) is 0 Å². The Morgan fingerprint density at radius 1 is 1.30 bits per heavy atom. The molecule has 1 amide bonds. The Morgan fingerprint density at radius 3 is 2.50 bits per heavy atom. The highest BCUT2D eigenvalue weighted by atomic mass is 127. The molecule has 1 aliphatic heterocycles. The number of halogens is 3. The monoisotopic (exact) mass is 542 g/mol. The molecule has 1 aromatic rings. The first-order valence-electron chi connectivity index (χ1n) is 9.18. The standard InChI is InChI=1S/C19H28F2N4O4.HI/c1-19(2,3)29-18(26)25-10-13(11-25)24-17(22-4)23-9-12-6-7-14(27-5)15(8-12)28-16(20)21;/h6-8,13,16H,9-11H2,1-5H3,(H2,22,23,24);1H. The van der Waals surface area contributed by atoms with Gasteiger partial charge < -0.3 is 29.7 Å². The molecule has 2 rings (SSSR count). The average molecular weight is 542 g/mol. The lowest BCUT2D eigenvalue weighted by atomic mass is 10.1. The normalized spacial score (nSPS) is 14.5. The van der Waals surface area contributed by atoms with Crippen molar-refractivity contribution in [2.45, 2.75) is 45.6 Å². The number of amides is 1. The largest absolute Gasteiger partial charge is 0.493 e. The first-order chi connectivity index (χ1) is 13.6. The molecular formula is C19H29F2IN4O4. The maximum absolute atomic E-state index is 12.5. The van der Waals surface area contributed by atoms with Gasteiger partial charge in [0.25, 0.3) is 0 Å². The van der Waals surface area contributed by atoms with E-state index < -0.39 is 12.2 Å². The second kappa shape index (κ2) is 11.4. The number of rotatable bonds is 6. The van der Waals surface area contributed by atoms with Gasteiger partial charge in [-0.2, -0.15) is 8.78 Å². The van der Waals surface area contributed by atoms with Crippen LogP contribution in [0.5, 0.6) is 11.5 Å². The highest BCUT2D eigenvalue weighted by molar-refractivity contribution is 14.0. The van der Waals surface area contributed by atoms with Gasteiger partial charge >= 0.3 is 12.7 Å². The molecule has 0 aliphatic carbocycles. The summed E-state index contributed by atoms with van der Waals surface area (Å²) in [5, 5.41) is 6.31. The van der Waals surface area contributed by atoms with E-state index in [-0.39, 0.29) is 47.6 Å². The molecule has 1 aliphatic rings. The van der Waals surface area contributed by atoms with E-state index in [1.54, 1.807) is 24.1 Å². The molecule has 0 atom stereocenters. The van der Waals surface area contributed by atoms with Gasteiger partial charge in [0.05, 0.1) is 13.2 Å². The highest BCUT2D eigenvalue weighted by Crippen LogP contribution is 2.29. The number of benzene rings is 1. The van der Waals surface area contributed by atoms with E-state index in [1.807, 2.05) is 20.8 Å². The van der Waals surface area contributed by atoms with E-state index in [1.165, 1.54) is 13.2 Å². The number of nitrogens with one attached hydrogen (secondary N) is 2. The quantitative estimate of drug-likeness (QED) is 0.327. The van der Waals surface area contributed by atoms with Crippen molar-refractivity contribution in [1.82, 2.24) is 15.5 Å². The van der Waals surface area contributed by atoms with Gasteiger partial charge in [0.15, 0.2) is 17.5 Å². The number of ether oxygens (including phenoxy) is 3. The molecule has 1 aromatic carbocycles. The average Bonchev–Trinajstić information content (AvgIpc) is 2.58. The van der Waals surface area contributed by atoms with Crippen molar-refractivity contribution in [3.8, 4) is 11.5 Å². The Morgan fingerprint density at radius 2 is 1.97 bits per heavy atom. The van der Waals surface area contributed by atoms with Crippen LogP contribution < -0.4 is 20.1 Å². The summed E-state index contributed by atoms with van der Waals surface area (Å²) in [7, 11) is 3.01. The van der Waals surface area contributed by atoms with Crippen LogP contribution in [0.15, 0.2) is 23.2 Å². The summed E-state index contributed by atoms with van der Waals surface area (Å²) >= 11 is 0. The smallest absolute Gasteiger partial charge is 0.410 e. The lowest BCUT2D eigenvalue weighted by Crippen LogP contribution is -2.63. The molecule has 0 saturated carbocycles. The maximum atomic E-state index is 12.5. The van der Waals surface area contributed by atoms with Gasteiger partial charge in [-0.05, 0) is 38.5 Å². The molecule has 0 bridgehead atoms. The summed E-state index contributed by atoms with van der Waals surface area (Å²) in [6, 6.07) is 4.83. The van der Waals surface area contributed by atoms with Crippen molar-refractivity contribution in [2.24, 2.45) is 4.99 Å². The van der Waals surface area contributed by atoms with Crippen molar-refractivity contribution in [2.75, 3.05) is 27.2 Å². The molecule has 170 valence electrons. The molecule has 1 saturated heterocycles. The van der Waals surface area contributed by atoms with Crippen LogP contribution >= 0.6 is 24.0 Å². The summed E-state index contributed by atoms with van der Waals surface area (Å²) in [4.78, 5) is 17.7. The summed E-state index contributed by atoms with van der Waals surface area (Å²) < 4.78 is 39.9. The molecule has 0 aromatic heterocycles. The van der Waals surface area contributed by atoms with Gasteiger partial charge in [-0.3, -0.25) is 4.99 Å². The van der Waals surface area contributed by atoms with Gasteiger partial charge in [0.1, 0.15) is 5.60 Å². The number of hydrogen-bond acceptors (Lipinski definition) is 5. The Balaban J connectivity index is 0.00000450. The zero-order valence-electron chi connectivity index (χ0n) is 17.7. The molecule has 11 heteroatoms. The first kappa shape index (κ1) is 26.0. The van der Waals surface area contributed by atoms with Crippen LogP contribution in [0.1, 0.15) is 26.3 Å². The molecule has 2 N–H and O–H groups in total. The second-order valence-corrected chi connectivity index (χ2v) is 7.52. The second-order valence-electron chi connectivity index (χ2n) is 7.52. The fraction of sp³-hybridized carbons (Fsp3) is 0.579. The highest BCUT2D eigenvalue weighted by Gasteiger charge is 2.34. The topological polar surface area (TPSA) is 84.4 Å². The van der Waals surface area contributed by atoms with E-state index in [2.05, 4.69) is 20.4 Å². The van der Waals surface area contributed by atoms with Crippen LogP contribution in [0.4, 0.5) is 13.6 Å². The molecule has 1 fully saturated rings. The Labute approximate surface area is 192 Å². The van der Waals surface area contributed by atoms with Crippen molar-refractivity contribution in [1.29, 1.82) is 0 Å². The van der Waals surface area contributed by atoms with Crippen LogP contribution in [0, 0.1) is 0 Å². The lowest BCUT2D eigenvalue weighted by Gasteiger charge is -2.40. The lowest BCUT2D eigenvalue weighted by molar-refractivity contribution is -0.0512. The predicted molar refractivity (Wildman–Crippen MR) is 120 cm³/mol. The number of likely N-dealkylation sites (tertiary alicyclic amines) is 1. The summed E-state index contributed by atoms with van der Waals surface area (Å²) in [6.07, 6.45) is -0.344. The Kier molecular flexibility index (Phi) is 9.85. The van der Waals surface area contributed by atoms with E-state index in [0.717, 1.165) is 0 Å². The molecule has 0 unspecified atom stereocenters. The SMILES string of the molecule is CN=C(NCc1ccc(OC)c(OC(F)F)c1)NC1CN(C(=O)OC(C)(C)C)C1.I. The van der Waals surface area contributed by atoms with Gasteiger partial charge in [-0.1, -0.05) is 6.07 Å². The predicted octanol–water partition coefficient (Wildman–Crippen LogP) is 3.20. The fourth-order valence-electron chi connectivity index (χ4n) is 2.64. The Bertz CT molecular complexity index is 738. The number of hydrogen-bond donors (Lipinski definition) is 2. The van der Waals surface area contributed by atoms with E-state index >= 15 is 0 Å². The minimum Gasteiger partial charge on any atom is -0.493 e. The van der Waals surface area contributed by atoms with E-state index in [9.17, 15) is 13.6 Å². The summed E-state index contributed by atoms with van der Waals surface area (Å²) in [5.41, 5.74) is 0.187. The van der Waals surface area contributed by atoms with Crippen molar-refractivity contribution < 1.29 is 27.8 Å². The van der Waals surface area contributed by atoms with Gasteiger partial charge in [-0.15, -0.1) is 24.0 Å². The number of guanidine groups is 1. The third-order valence-electron chi connectivity index (χ3n) is 4.00. The van der Waals surface area contributed by atoms with Crippen molar-refractivity contribution in [3.05, 3.63) is 23.8 Å². The van der Waals surface area contributed by atoms with Gasteiger partial charge in [0.2, 0.25) is 0 Å². The van der Waals surface area contributed by atoms with Crippen LogP contribution in [0.2, 0.25) is 0 Å². The van der Waals surface area contributed by atoms with Crippen LogP contribution in [0.25, 0.3) is 0 Å². The molecule has 0 spiro atoms. The zero-order chi connectivity index (χ0) is 21.6. The van der Waals surface area contributed by atoms with Gasteiger partial charge in [0, 0.05) is 26.7 Å². The molecule has 30 heavy (non-hydrogen) atoms. The molecule has 0 radical (unpaired) electrons. The van der Waals surface area contributed by atoms with Crippen molar-refractivity contribution >= 4 is 36.0 Å². The Hall–Kier alpha value is -2.05. The van der Waals surface area contributed by atoms with Gasteiger partial charge in [-0.25, -0.2) is 4.79 Å². The summed E-state index contributed by atoms with van der Waals surface area (Å²) in [6.45, 7) is 3.88. The number of carbonyl (C=O) groups excluding carboxylic acids is 1. The van der Waals surface area contributed by atoms with Crippen LogP contribution in [-0.2, 0) is 11.3 Å². The number of aliphatic imine (C=N–C) groups is 1. The maximum Gasteiger partial charge on any atom is 0.410 e. The third kappa shape index (κ3) is 8.00. The zero-order valence-corrected chi connectivity index (χ0v) is 20.0. The summed E-state index contributed by atoms with van der Waals surface area (Å²) in [5.74, 6) is 0.732. The molecule has 8 nitrogen and oxygen atoms in total. The molecule has 1 heterocycles. The fourth-order valence-corrected chi connectivity index (χ4v) is 2.64. The third-order valence-corrected chi connectivity index (χ3v) is 4.00. The number of nitrogens with zero attached hydrogens (tertiary/aromatic N) is 2. The van der Waals surface area contributed by atoms with Crippen molar-refractivity contribution in [3.63, 3.8) is 0 Å². The van der Waals surface area contributed by atoms with Crippen LogP contribution in [-0.4, -0.2) is 62.5 Å². The number of carbonyl (C=O) groups is 1. The van der Waals surface area contributed by atoms with E-state index in [0.29, 0.717) is 31.2 Å². The van der Waals surface area contributed by atoms with E-state index in [4.69, 9.17) is 9.47 Å². The minimum absolute atomic E-state index is 0. The first-order valence-corrected chi connectivity index (χ1v) is 9.18.